The first-order valence-corrected chi connectivity index (χ1v) is 9.20. The Morgan fingerprint density at radius 3 is 2.71 bits per heavy atom. The quantitative estimate of drug-likeness (QED) is 0.571. The summed E-state index contributed by atoms with van der Waals surface area (Å²) in [7, 11) is 0. The Bertz CT molecular complexity index is 1260. The lowest BCUT2D eigenvalue weighted by atomic mass is 10.1. The third kappa shape index (κ3) is 2.79. The van der Waals surface area contributed by atoms with E-state index in [-0.39, 0.29) is 17.2 Å². The van der Waals surface area contributed by atoms with Gasteiger partial charge in [0.1, 0.15) is 0 Å². The molecule has 6 heteroatoms. The van der Waals surface area contributed by atoms with Gasteiger partial charge in [-0.3, -0.25) is 9.59 Å². The Hall–Kier alpha value is -3.67. The van der Waals surface area contributed by atoms with E-state index in [0.29, 0.717) is 11.4 Å². The number of H-pyrrole nitrogens is 1. The summed E-state index contributed by atoms with van der Waals surface area (Å²) < 4.78 is 5.29. The van der Waals surface area contributed by atoms with Gasteiger partial charge in [0.25, 0.3) is 11.5 Å². The average molecular weight is 371 g/mol. The maximum absolute atomic E-state index is 12.5. The van der Waals surface area contributed by atoms with Crippen molar-refractivity contribution in [3.63, 3.8) is 0 Å². The summed E-state index contributed by atoms with van der Waals surface area (Å²) in [6.45, 7) is 0. The number of fused-ring (bicyclic) bond motifs is 3. The van der Waals surface area contributed by atoms with Gasteiger partial charge in [-0.1, -0.05) is 41.6 Å². The SMILES string of the molecule is O=C(Nc1ccc2c3c(c(=O)[nH]c2c1)CCC3)c1cc(-c2ccccc2)on1. The standard InChI is InChI=1S/C22H17N3O3/c26-21-17-8-4-7-15(17)16-10-9-14(11-18(16)24-21)23-22(27)19-12-20(28-25-19)13-5-2-1-3-6-13/h1-3,5-6,9-12H,4,7-8H2,(H,23,27)(H,24,26). The summed E-state index contributed by atoms with van der Waals surface area (Å²) in [5, 5.41) is 7.73. The Kier molecular flexibility index (Phi) is 3.83. The molecule has 2 aromatic heterocycles. The number of benzene rings is 2. The van der Waals surface area contributed by atoms with Crippen molar-refractivity contribution in [3.8, 4) is 11.3 Å². The van der Waals surface area contributed by atoms with Gasteiger partial charge in [-0.2, -0.15) is 0 Å². The number of carbonyl (C=O) groups is 1. The van der Waals surface area contributed by atoms with Crippen molar-refractivity contribution < 1.29 is 9.32 Å². The molecule has 0 spiro atoms. The number of rotatable bonds is 3. The number of hydrogen-bond acceptors (Lipinski definition) is 4. The lowest BCUT2D eigenvalue weighted by molar-refractivity contribution is 0.101. The molecule has 0 aliphatic heterocycles. The fraction of sp³-hybridized carbons (Fsp3) is 0.136. The van der Waals surface area contributed by atoms with E-state index in [2.05, 4.69) is 15.5 Å². The van der Waals surface area contributed by atoms with Crippen LogP contribution in [0.15, 0.2) is 63.9 Å². The normalized spacial score (nSPS) is 12.9. The summed E-state index contributed by atoms with van der Waals surface area (Å²) in [6.07, 6.45) is 2.75. The van der Waals surface area contributed by atoms with Crippen molar-refractivity contribution in [1.82, 2.24) is 10.1 Å². The number of amides is 1. The number of aromatic amines is 1. The van der Waals surface area contributed by atoms with Crippen LogP contribution in [0.2, 0.25) is 0 Å². The minimum Gasteiger partial charge on any atom is -0.355 e. The largest absolute Gasteiger partial charge is 0.355 e. The molecular formula is C22H17N3O3. The second-order valence-corrected chi connectivity index (χ2v) is 6.92. The zero-order chi connectivity index (χ0) is 19.1. The van der Waals surface area contributed by atoms with E-state index >= 15 is 0 Å². The molecule has 2 heterocycles. The van der Waals surface area contributed by atoms with Crippen LogP contribution in [0, 0.1) is 0 Å². The second kappa shape index (κ2) is 6.49. The van der Waals surface area contributed by atoms with Crippen LogP contribution in [0.3, 0.4) is 0 Å². The Balaban J connectivity index is 1.42. The number of anilines is 1. The maximum atomic E-state index is 12.5. The third-order valence-corrected chi connectivity index (χ3v) is 5.14. The van der Waals surface area contributed by atoms with Crippen LogP contribution in [-0.4, -0.2) is 16.0 Å². The minimum atomic E-state index is -0.367. The summed E-state index contributed by atoms with van der Waals surface area (Å²) in [5.41, 5.74) is 4.35. The molecule has 1 amide bonds. The molecule has 0 fully saturated rings. The molecule has 0 radical (unpaired) electrons. The number of nitrogens with zero attached hydrogens (tertiary/aromatic N) is 1. The van der Waals surface area contributed by atoms with Crippen LogP contribution in [0.5, 0.6) is 0 Å². The number of nitrogens with one attached hydrogen (secondary N) is 2. The molecule has 6 nitrogen and oxygen atoms in total. The maximum Gasteiger partial charge on any atom is 0.277 e. The van der Waals surface area contributed by atoms with E-state index in [4.69, 9.17) is 4.52 Å². The molecule has 28 heavy (non-hydrogen) atoms. The highest BCUT2D eigenvalue weighted by Gasteiger charge is 2.19. The molecule has 0 atom stereocenters. The predicted octanol–water partition coefficient (Wildman–Crippen LogP) is 3.92. The lowest BCUT2D eigenvalue weighted by Crippen LogP contribution is -2.14. The van der Waals surface area contributed by atoms with Crippen LogP contribution in [0.25, 0.3) is 22.2 Å². The first-order valence-electron chi connectivity index (χ1n) is 9.20. The zero-order valence-electron chi connectivity index (χ0n) is 15.0. The topological polar surface area (TPSA) is 88.0 Å². The highest BCUT2D eigenvalue weighted by Crippen LogP contribution is 2.28. The summed E-state index contributed by atoms with van der Waals surface area (Å²) in [4.78, 5) is 27.7. The van der Waals surface area contributed by atoms with E-state index in [1.54, 1.807) is 12.1 Å². The van der Waals surface area contributed by atoms with Crippen LogP contribution in [-0.2, 0) is 12.8 Å². The number of aryl methyl sites for hydroxylation is 1. The Labute approximate surface area is 160 Å². The van der Waals surface area contributed by atoms with Crippen LogP contribution in [0.4, 0.5) is 5.69 Å². The summed E-state index contributed by atoms with van der Waals surface area (Å²) in [5.74, 6) is 0.165. The van der Waals surface area contributed by atoms with E-state index in [9.17, 15) is 9.59 Å². The van der Waals surface area contributed by atoms with Gasteiger partial charge < -0.3 is 14.8 Å². The molecule has 1 aliphatic carbocycles. The summed E-state index contributed by atoms with van der Waals surface area (Å²) in [6, 6.07) is 16.7. The third-order valence-electron chi connectivity index (χ3n) is 5.14. The van der Waals surface area contributed by atoms with Gasteiger partial charge in [-0.25, -0.2) is 0 Å². The molecule has 0 bridgehead atoms. The Morgan fingerprint density at radius 2 is 1.86 bits per heavy atom. The van der Waals surface area contributed by atoms with E-state index < -0.39 is 0 Å². The molecule has 138 valence electrons. The van der Waals surface area contributed by atoms with Gasteiger partial charge in [0, 0.05) is 28.3 Å². The van der Waals surface area contributed by atoms with Crippen molar-refractivity contribution in [2.75, 3.05) is 5.32 Å². The average Bonchev–Trinajstić information content (AvgIpc) is 3.39. The van der Waals surface area contributed by atoms with Gasteiger partial charge in [0.15, 0.2) is 11.5 Å². The van der Waals surface area contributed by atoms with Crippen molar-refractivity contribution in [2.24, 2.45) is 0 Å². The van der Waals surface area contributed by atoms with Crippen molar-refractivity contribution >= 4 is 22.5 Å². The molecule has 2 aromatic carbocycles. The van der Waals surface area contributed by atoms with Crippen LogP contribution in [0.1, 0.15) is 28.0 Å². The molecule has 5 rings (SSSR count). The van der Waals surface area contributed by atoms with E-state index in [0.717, 1.165) is 46.9 Å². The number of aromatic nitrogens is 2. The van der Waals surface area contributed by atoms with Crippen molar-refractivity contribution in [3.05, 3.63) is 81.8 Å². The van der Waals surface area contributed by atoms with Crippen LogP contribution < -0.4 is 10.9 Å². The molecular weight excluding hydrogens is 354 g/mol. The molecule has 0 saturated heterocycles. The minimum absolute atomic E-state index is 0.0347. The first-order chi connectivity index (χ1) is 13.7. The van der Waals surface area contributed by atoms with Gasteiger partial charge >= 0.3 is 0 Å². The highest BCUT2D eigenvalue weighted by atomic mass is 16.5. The molecule has 0 unspecified atom stereocenters. The molecule has 4 aromatic rings. The van der Waals surface area contributed by atoms with E-state index in [1.165, 1.54) is 0 Å². The Morgan fingerprint density at radius 1 is 1.04 bits per heavy atom. The fourth-order valence-corrected chi connectivity index (χ4v) is 3.79. The van der Waals surface area contributed by atoms with Gasteiger partial charge in [-0.15, -0.1) is 0 Å². The van der Waals surface area contributed by atoms with Gasteiger partial charge in [-0.05, 0) is 37.0 Å². The second-order valence-electron chi connectivity index (χ2n) is 6.92. The molecule has 0 saturated carbocycles. The van der Waals surface area contributed by atoms with Gasteiger partial charge in [0.2, 0.25) is 0 Å². The first kappa shape index (κ1) is 16.5. The van der Waals surface area contributed by atoms with E-state index in [1.807, 2.05) is 42.5 Å². The van der Waals surface area contributed by atoms with Crippen LogP contribution >= 0.6 is 0 Å². The monoisotopic (exact) mass is 371 g/mol. The highest BCUT2D eigenvalue weighted by molar-refractivity contribution is 6.04. The summed E-state index contributed by atoms with van der Waals surface area (Å²) >= 11 is 0. The molecule has 1 aliphatic rings. The zero-order valence-corrected chi connectivity index (χ0v) is 15.0. The predicted molar refractivity (Wildman–Crippen MR) is 106 cm³/mol. The van der Waals surface area contributed by atoms with Gasteiger partial charge in [0.05, 0.1) is 5.52 Å². The number of carbonyl (C=O) groups excluding carboxylic acids is 1. The number of hydrogen-bond donors (Lipinski definition) is 2. The lowest BCUT2D eigenvalue weighted by Gasteiger charge is -2.08. The molecule has 2 N–H and O–H groups in total. The smallest absolute Gasteiger partial charge is 0.277 e. The fourth-order valence-electron chi connectivity index (χ4n) is 3.79. The van der Waals surface area contributed by atoms with Crippen molar-refractivity contribution in [1.29, 1.82) is 0 Å². The van der Waals surface area contributed by atoms with Crippen molar-refractivity contribution in [2.45, 2.75) is 19.3 Å². The number of pyridine rings is 1.